The predicted molar refractivity (Wildman–Crippen MR) is 118 cm³/mol. The lowest BCUT2D eigenvalue weighted by atomic mass is 10.1. The van der Waals surface area contributed by atoms with Crippen molar-refractivity contribution in [1.29, 1.82) is 0 Å². The molecule has 3 aromatic carbocycles. The Bertz CT molecular complexity index is 1330. The van der Waals surface area contributed by atoms with Crippen LogP contribution in [-0.4, -0.2) is 20.9 Å². The van der Waals surface area contributed by atoms with Crippen LogP contribution in [0, 0.1) is 0 Å². The molecule has 1 amide bonds. The maximum absolute atomic E-state index is 13.3. The van der Waals surface area contributed by atoms with E-state index < -0.39 is 62.4 Å². The molecule has 0 fully saturated rings. The van der Waals surface area contributed by atoms with Gasteiger partial charge in [0.2, 0.25) is 5.91 Å². The van der Waals surface area contributed by atoms with Gasteiger partial charge in [0.05, 0.1) is 32.4 Å². The van der Waals surface area contributed by atoms with Gasteiger partial charge < -0.3 is 5.32 Å². The summed E-state index contributed by atoms with van der Waals surface area (Å²) in [6.45, 7) is -1.16. The molecular weight excluding hydrogens is 522 g/mol. The number of benzene rings is 3. The highest BCUT2D eigenvalue weighted by Crippen LogP contribution is 2.38. The van der Waals surface area contributed by atoms with Crippen molar-refractivity contribution in [3.05, 3.63) is 88.9 Å². The van der Waals surface area contributed by atoms with Crippen molar-refractivity contribution in [2.75, 3.05) is 16.2 Å². The largest absolute Gasteiger partial charge is 0.418 e. The Morgan fingerprint density at radius 3 is 2.06 bits per heavy atom. The Morgan fingerprint density at radius 2 is 1.46 bits per heavy atom. The van der Waals surface area contributed by atoms with Crippen LogP contribution in [-0.2, 0) is 27.2 Å². The summed E-state index contributed by atoms with van der Waals surface area (Å²) in [5.74, 6) is -1.24. The van der Waals surface area contributed by atoms with E-state index in [1.54, 1.807) is 0 Å². The highest BCUT2D eigenvalue weighted by Gasteiger charge is 2.36. The summed E-state index contributed by atoms with van der Waals surface area (Å²) < 4.78 is 107. The standard InChI is InChI=1S/C22H15ClF6N2O3S/c23-17-11-10-14(21(24,25)26)12-19(17)31(35(33,34)15-6-2-1-3-7-15)13-20(32)30-18-9-5-4-8-16(18)22(27,28)29/h1-12H,13H2,(H,30,32). The van der Waals surface area contributed by atoms with E-state index >= 15 is 0 Å². The van der Waals surface area contributed by atoms with Crippen LogP contribution in [0.1, 0.15) is 11.1 Å². The number of halogens is 7. The van der Waals surface area contributed by atoms with Gasteiger partial charge in [-0.25, -0.2) is 8.42 Å². The van der Waals surface area contributed by atoms with E-state index in [4.69, 9.17) is 11.6 Å². The molecule has 0 aliphatic carbocycles. The number of carbonyl (C=O) groups is 1. The van der Waals surface area contributed by atoms with Gasteiger partial charge >= 0.3 is 12.4 Å². The van der Waals surface area contributed by atoms with Crippen molar-refractivity contribution in [1.82, 2.24) is 0 Å². The molecule has 3 aromatic rings. The van der Waals surface area contributed by atoms with Crippen molar-refractivity contribution in [3.8, 4) is 0 Å². The molecule has 0 saturated carbocycles. The molecule has 0 bridgehead atoms. The summed E-state index contributed by atoms with van der Waals surface area (Å²) >= 11 is 6.01. The number of hydrogen-bond donors (Lipinski definition) is 1. The van der Waals surface area contributed by atoms with Gasteiger partial charge in [0.1, 0.15) is 6.54 Å². The minimum Gasteiger partial charge on any atom is -0.324 e. The SMILES string of the molecule is O=C(CN(c1cc(C(F)(F)F)ccc1Cl)S(=O)(=O)c1ccccc1)Nc1ccccc1C(F)(F)F. The van der Waals surface area contributed by atoms with Crippen molar-refractivity contribution in [3.63, 3.8) is 0 Å². The van der Waals surface area contributed by atoms with Gasteiger partial charge in [-0.1, -0.05) is 41.9 Å². The van der Waals surface area contributed by atoms with Crippen LogP contribution in [0.25, 0.3) is 0 Å². The van der Waals surface area contributed by atoms with Crippen molar-refractivity contribution in [2.24, 2.45) is 0 Å². The van der Waals surface area contributed by atoms with Gasteiger partial charge in [-0.05, 0) is 42.5 Å². The third kappa shape index (κ3) is 6.06. The molecule has 3 rings (SSSR count). The van der Waals surface area contributed by atoms with Gasteiger partial charge in [-0.15, -0.1) is 0 Å². The number of nitrogens with one attached hydrogen (secondary N) is 1. The molecular formula is C22H15ClF6N2O3S. The summed E-state index contributed by atoms with van der Waals surface area (Å²) in [7, 11) is -4.67. The summed E-state index contributed by atoms with van der Waals surface area (Å²) in [6.07, 6.45) is -9.69. The Morgan fingerprint density at radius 1 is 0.857 bits per heavy atom. The van der Waals surface area contributed by atoms with Crippen LogP contribution in [0.4, 0.5) is 37.7 Å². The van der Waals surface area contributed by atoms with Gasteiger partial charge in [0.15, 0.2) is 0 Å². The van der Waals surface area contributed by atoms with Crippen LogP contribution < -0.4 is 9.62 Å². The third-order valence-corrected chi connectivity index (χ3v) is 6.76. The van der Waals surface area contributed by atoms with Gasteiger partial charge in [0, 0.05) is 0 Å². The second kappa shape index (κ2) is 9.78. The average molecular weight is 537 g/mol. The first-order valence-electron chi connectivity index (χ1n) is 9.62. The van der Waals surface area contributed by atoms with Crippen LogP contribution in [0.2, 0.25) is 5.02 Å². The molecule has 0 unspecified atom stereocenters. The van der Waals surface area contributed by atoms with E-state index in [1.807, 2.05) is 5.32 Å². The number of nitrogens with zero attached hydrogens (tertiary/aromatic N) is 1. The number of para-hydroxylation sites is 1. The number of carbonyl (C=O) groups excluding carboxylic acids is 1. The van der Waals surface area contributed by atoms with Crippen LogP contribution in [0.5, 0.6) is 0 Å². The molecule has 0 radical (unpaired) electrons. The van der Waals surface area contributed by atoms with E-state index in [1.165, 1.54) is 24.3 Å². The number of amides is 1. The number of alkyl halides is 6. The summed E-state index contributed by atoms with van der Waals surface area (Å²) in [6, 6.07) is 12.3. The first-order chi connectivity index (χ1) is 16.2. The third-order valence-electron chi connectivity index (χ3n) is 4.67. The zero-order valence-electron chi connectivity index (χ0n) is 17.4. The van der Waals surface area contributed by atoms with E-state index in [-0.39, 0.29) is 4.90 Å². The molecule has 0 atom stereocenters. The molecule has 0 saturated heterocycles. The quantitative estimate of drug-likeness (QED) is 0.381. The van der Waals surface area contributed by atoms with E-state index in [0.29, 0.717) is 22.5 Å². The highest BCUT2D eigenvalue weighted by molar-refractivity contribution is 7.92. The van der Waals surface area contributed by atoms with Crippen molar-refractivity contribution < 1.29 is 39.6 Å². The van der Waals surface area contributed by atoms with Crippen LogP contribution in [0.3, 0.4) is 0 Å². The van der Waals surface area contributed by atoms with Crippen molar-refractivity contribution >= 4 is 38.9 Å². The normalized spacial score (nSPS) is 12.3. The van der Waals surface area contributed by atoms with E-state index in [2.05, 4.69) is 0 Å². The Labute approximate surface area is 201 Å². The minimum absolute atomic E-state index is 0.311. The van der Waals surface area contributed by atoms with E-state index in [0.717, 1.165) is 30.3 Å². The topological polar surface area (TPSA) is 66.5 Å². The average Bonchev–Trinajstić information content (AvgIpc) is 2.77. The number of rotatable bonds is 6. The summed E-state index contributed by atoms with van der Waals surface area (Å²) in [5, 5.41) is 1.55. The van der Waals surface area contributed by atoms with Crippen molar-refractivity contribution in [2.45, 2.75) is 17.2 Å². The smallest absolute Gasteiger partial charge is 0.324 e. The molecule has 186 valence electrons. The fraction of sp³-hybridized carbons (Fsp3) is 0.136. The Kier molecular flexibility index (Phi) is 7.37. The van der Waals surface area contributed by atoms with Gasteiger partial charge in [-0.2, -0.15) is 26.3 Å². The molecule has 0 spiro atoms. The lowest BCUT2D eigenvalue weighted by Gasteiger charge is -2.26. The van der Waals surface area contributed by atoms with Gasteiger partial charge in [-0.3, -0.25) is 9.10 Å². The zero-order chi connectivity index (χ0) is 26.0. The Balaban J connectivity index is 2.07. The fourth-order valence-corrected chi connectivity index (χ4v) is 4.78. The first kappa shape index (κ1) is 26.4. The molecule has 0 aliphatic heterocycles. The molecule has 5 nitrogen and oxygen atoms in total. The molecule has 0 aromatic heterocycles. The second-order valence-electron chi connectivity index (χ2n) is 7.08. The first-order valence-corrected chi connectivity index (χ1v) is 11.4. The molecule has 0 heterocycles. The minimum atomic E-state index is -4.87. The fourth-order valence-electron chi connectivity index (χ4n) is 3.06. The Hall–Kier alpha value is -3.25. The number of anilines is 2. The highest BCUT2D eigenvalue weighted by atomic mass is 35.5. The second-order valence-corrected chi connectivity index (χ2v) is 9.35. The lowest BCUT2D eigenvalue weighted by Crippen LogP contribution is -2.38. The predicted octanol–water partition coefficient (Wildman–Crippen LogP) is 6.21. The van der Waals surface area contributed by atoms with Gasteiger partial charge in [0.25, 0.3) is 10.0 Å². The zero-order valence-corrected chi connectivity index (χ0v) is 18.9. The maximum Gasteiger partial charge on any atom is 0.418 e. The van der Waals surface area contributed by atoms with E-state index in [9.17, 15) is 39.6 Å². The van der Waals surface area contributed by atoms with Crippen LogP contribution in [0.15, 0.2) is 77.7 Å². The molecule has 0 aliphatic rings. The summed E-state index contributed by atoms with van der Waals surface area (Å²) in [4.78, 5) is 12.3. The molecule has 13 heteroatoms. The monoisotopic (exact) mass is 536 g/mol. The lowest BCUT2D eigenvalue weighted by molar-refractivity contribution is -0.138. The van der Waals surface area contributed by atoms with Crippen LogP contribution >= 0.6 is 11.6 Å². The maximum atomic E-state index is 13.3. The summed E-state index contributed by atoms with van der Waals surface area (Å²) in [5.41, 5.74) is -3.77. The molecule has 1 N–H and O–H groups in total. The number of sulfonamides is 1. The number of hydrogen-bond acceptors (Lipinski definition) is 3. The molecule has 35 heavy (non-hydrogen) atoms.